The first-order valence-electron chi connectivity index (χ1n) is 14.3. The Morgan fingerprint density at radius 3 is 2.66 bits per heavy atom. The van der Waals surface area contributed by atoms with E-state index in [-0.39, 0.29) is 23.9 Å². The zero-order valence-electron chi connectivity index (χ0n) is 22.5. The van der Waals surface area contributed by atoms with E-state index in [1.165, 1.54) is 17.6 Å². The molecule has 5 heterocycles. The van der Waals surface area contributed by atoms with Crippen LogP contribution in [0.1, 0.15) is 85.8 Å². The second kappa shape index (κ2) is 10.7. The lowest BCUT2D eigenvalue weighted by Crippen LogP contribution is -2.61. The van der Waals surface area contributed by atoms with Crippen LogP contribution >= 0.6 is 0 Å². The van der Waals surface area contributed by atoms with Crippen molar-refractivity contribution in [2.45, 2.75) is 82.5 Å². The Morgan fingerprint density at radius 2 is 1.92 bits per heavy atom. The topological polar surface area (TPSA) is 123 Å². The minimum atomic E-state index is -0.642. The molecule has 4 fully saturated rings. The number of piperidine rings is 2. The third kappa shape index (κ3) is 4.95. The van der Waals surface area contributed by atoms with Crippen LogP contribution in [0, 0.1) is 5.92 Å². The van der Waals surface area contributed by atoms with E-state index in [9.17, 15) is 9.59 Å². The van der Waals surface area contributed by atoms with Crippen LogP contribution in [0.25, 0.3) is 0 Å². The highest BCUT2D eigenvalue weighted by Crippen LogP contribution is 2.40. The van der Waals surface area contributed by atoms with Crippen LogP contribution in [-0.2, 0) is 23.1 Å². The molecular weight excluding hydrogens is 486 g/mol. The average Bonchev–Trinajstić information content (AvgIpc) is 3.30. The van der Waals surface area contributed by atoms with E-state index < -0.39 is 6.04 Å². The second-order valence-corrected chi connectivity index (χ2v) is 11.2. The van der Waals surface area contributed by atoms with Gasteiger partial charge in [0.1, 0.15) is 0 Å². The van der Waals surface area contributed by atoms with Gasteiger partial charge in [-0.25, -0.2) is 0 Å². The smallest absolute Gasteiger partial charge is 0.274 e. The van der Waals surface area contributed by atoms with Gasteiger partial charge in [-0.05, 0) is 69.7 Å². The molecule has 2 aromatic heterocycles. The summed E-state index contributed by atoms with van der Waals surface area (Å²) < 4.78 is 7.36. The van der Waals surface area contributed by atoms with Crippen molar-refractivity contribution < 1.29 is 14.3 Å². The van der Waals surface area contributed by atoms with E-state index >= 15 is 0 Å². The zero-order chi connectivity index (χ0) is 26.2. The highest BCUT2D eigenvalue weighted by atomic mass is 16.5. The Hall–Kier alpha value is -2.86. The number of aryl methyl sites for hydroxylation is 2. The van der Waals surface area contributed by atoms with Gasteiger partial charge in [0.15, 0.2) is 11.7 Å². The fourth-order valence-electron chi connectivity index (χ4n) is 6.49. The van der Waals surface area contributed by atoms with Gasteiger partial charge >= 0.3 is 0 Å². The number of hydrogen-bond donors (Lipinski definition) is 1. The molecule has 206 valence electrons. The molecular formula is C26H39N9O3. The molecule has 12 nitrogen and oxygen atoms in total. The Bertz CT molecular complexity index is 1150. The number of nitrogens with zero attached hydrogens (tertiary/aromatic N) is 8. The van der Waals surface area contributed by atoms with Crippen molar-refractivity contribution in [3.05, 3.63) is 23.3 Å². The molecule has 3 aliphatic heterocycles. The number of fused-ring (bicyclic) bond motifs is 1. The van der Waals surface area contributed by atoms with Gasteiger partial charge in [0, 0.05) is 56.4 Å². The van der Waals surface area contributed by atoms with Crippen LogP contribution in [-0.4, -0.2) is 96.5 Å². The summed E-state index contributed by atoms with van der Waals surface area (Å²) >= 11 is 0. The molecule has 1 N–H and O–H groups in total. The van der Waals surface area contributed by atoms with Gasteiger partial charge in [0.05, 0.1) is 13.2 Å². The van der Waals surface area contributed by atoms with Gasteiger partial charge in [-0.3, -0.25) is 19.2 Å². The third-order valence-electron chi connectivity index (χ3n) is 8.64. The molecule has 0 spiro atoms. The molecule has 0 bridgehead atoms. The van der Waals surface area contributed by atoms with E-state index in [1.54, 1.807) is 0 Å². The number of hydrogen-bond acceptors (Lipinski definition) is 8. The van der Waals surface area contributed by atoms with E-state index in [4.69, 9.17) is 4.74 Å². The number of carbonyl (C=O) groups excluding carboxylic acids is 2. The van der Waals surface area contributed by atoms with Crippen molar-refractivity contribution in [1.82, 2.24) is 45.1 Å². The highest BCUT2D eigenvalue weighted by Gasteiger charge is 2.46. The van der Waals surface area contributed by atoms with Crippen molar-refractivity contribution in [2.75, 3.05) is 32.8 Å². The fourth-order valence-corrected chi connectivity index (χ4v) is 6.49. The molecule has 0 aromatic carbocycles. The van der Waals surface area contributed by atoms with Crippen LogP contribution in [0.15, 0.2) is 6.07 Å². The molecule has 2 aromatic rings. The standard InChI is InChI=1S/C26H39N9O3/c1-3-35-30-24(28-31-35)23(25(36)27-15-17-10-13-38-16-17)33-11-4-7-21-20(33)6-5-12-34(21)26(37)19-14-22(18-8-9-18)32(2)29-19/h14,17-18,20-21,23H,3-13,15-16H2,1-2H3,(H,27,36). The molecule has 6 rings (SSSR count). The van der Waals surface area contributed by atoms with E-state index in [1.807, 2.05) is 29.6 Å². The maximum atomic E-state index is 13.7. The molecule has 3 saturated heterocycles. The van der Waals surface area contributed by atoms with E-state index in [0.29, 0.717) is 49.6 Å². The van der Waals surface area contributed by atoms with Gasteiger partial charge in [0.2, 0.25) is 11.7 Å². The molecule has 1 saturated carbocycles. The Kier molecular flexibility index (Phi) is 7.17. The number of carbonyl (C=O) groups is 2. The molecule has 0 radical (unpaired) electrons. The monoisotopic (exact) mass is 525 g/mol. The summed E-state index contributed by atoms with van der Waals surface area (Å²) in [6.07, 6.45) is 6.91. The van der Waals surface area contributed by atoms with Crippen LogP contribution in [0.4, 0.5) is 0 Å². The summed E-state index contributed by atoms with van der Waals surface area (Å²) in [6.45, 7) is 6.00. The van der Waals surface area contributed by atoms with Gasteiger partial charge in [-0.1, -0.05) is 0 Å². The maximum absolute atomic E-state index is 13.7. The van der Waals surface area contributed by atoms with Gasteiger partial charge < -0.3 is 15.0 Å². The van der Waals surface area contributed by atoms with Crippen LogP contribution in [0.3, 0.4) is 0 Å². The third-order valence-corrected chi connectivity index (χ3v) is 8.64. The molecule has 4 atom stereocenters. The largest absolute Gasteiger partial charge is 0.381 e. The normalized spacial score (nSPS) is 26.8. The summed E-state index contributed by atoms with van der Waals surface area (Å²) in [7, 11) is 1.93. The predicted molar refractivity (Wildman–Crippen MR) is 137 cm³/mol. The first kappa shape index (κ1) is 25.4. The predicted octanol–water partition coefficient (Wildman–Crippen LogP) is 1.27. The molecule has 2 amide bonds. The number of tetrazole rings is 1. The maximum Gasteiger partial charge on any atom is 0.274 e. The zero-order valence-corrected chi connectivity index (χ0v) is 22.5. The van der Waals surface area contributed by atoms with Crippen molar-refractivity contribution in [3.8, 4) is 0 Å². The van der Waals surface area contributed by atoms with Crippen LogP contribution in [0.5, 0.6) is 0 Å². The Labute approximate surface area is 223 Å². The number of nitrogens with one attached hydrogen (secondary N) is 1. The van der Waals surface area contributed by atoms with Gasteiger partial charge in [0.25, 0.3) is 5.91 Å². The van der Waals surface area contributed by atoms with Crippen LogP contribution < -0.4 is 5.32 Å². The Balaban J connectivity index is 1.24. The quantitative estimate of drug-likeness (QED) is 0.547. The van der Waals surface area contributed by atoms with Crippen molar-refractivity contribution in [2.24, 2.45) is 13.0 Å². The van der Waals surface area contributed by atoms with Gasteiger partial charge in [-0.15, -0.1) is 10.2 Å². The lowest BCUT2D eigenvalue weighted by atomic mass is 9.86. The number of likely N-dealkylation sites (tertiary alicyclic amines) is 2. The summed E-state index contributed by atoms with van der Waals surface area (Å²) in [5.74, 6) is 1.19. The van der Waals surface area contributed by atoms with Gasteiger partial charge in [-0.2, -0.15) is 9.90 Å². The number of aromatic nitrogens is 6. The van der Waals surface area contributed by atoms with E-state index in [2.05, 4.69) is 30.7 Å². The SMILES string of the molecule is CCn1nnc(C(C(=O)NCC2CCOC2)N2CCCC3C2CCCN3C(=O)c2cc(C3CC3)n(C)n2)n1. The number of ether oxygens (including phenoxy) is 1. The molecule has 1 aliphatic carbocycles. The first-order valence-corrected chi connectivity index (χ1v) is 14.3. The molecule has 4 unspecified atom stereocenters. The summed E-state index contributed by atoms with van der Waals surface area (Å²) in [5, 5.41) is 20.8. The molecule has 12 heteroatoms. The number of rotatable bonds is 8. The minimum absolute atomic E-state index is 0.00124. The van der Waals surface area contributed by atoms with Crippen molar-refractivity contribution >= 4 is 11.8 Å². The van der Waals surface area contributed by atoms with E-state index in [0.717, 1.165) is 50.9 Å². The van der Waals surface area contributed by atoms with Crippen molar-refractivity contribution in [1.29, 1.82) is 0 Å². The highest BCUT2D eigenvalue weighted by molar-refractivity contribution is 5.93. The Morgan fingerprint density at radius 1 is 1.11 bits per heavy atom. The summed E-state index contributed by atoms with van der Waals surface area (Å²) in [6, 6.07) is 1.42. The van der Waals surface area contributed by atoms with Crippen LogP contribution in [0.2, 0.25) is 0 Å². The second-order valence-electron chi connectivity index (χ2n) is 11.2. The summed E-state index contributed by atoms with van der Waals surface area (Å²) in [5.41, 5.74) is 1.69. The first-order chi connectivity index (χ1) is 18.5. The molecule has 38 heavy (non-hydrogen) atoms. The number of amides is 2. The lowest BCUT2D eigenvalue weighted by Gasteiger charge is -2.50. The minimum Gasteiger partial charge on any atom is -0.381 e. The summed E-state index contributed by atoms with van der Waals surface area (Å²) in [4.78, 5) is 33.2. The average molecular weight is 526 g/mol. The van der Waals surface area contributed by atoms with Crippen molar-refractivity contribution in [3.63, 3.8) is 0 Å². The fraction of sp³-hybridized carbons (Fsp3) is 0.769. The lowest BCUT2D eigenvalue weighted by molar-refractivity contribution is -0.130. The molecule has 4 aliphatic rings.